The van der Waals surface area contributed by atoms with Crippen molar-refractivity contribution in [3.63, 3.8) is 0 Å². The highest BCUT2D eigenvalue weighted by Gasteiger charge is 2.32. The maximum Gasteiger partial charge on any atom is 0.413 e. The summed E-state index contributed by atoms with van der Waals surface area (Å²) in [5, 5.41) is 0.271. The monoisotopic (exact) mass is 235 g/mol. The van der Waals surface area contributed by atoms with Crippen molar-refractivity contribution in [2.45, 2.75) is 6.18 Å². The molecule has 1 aromatic carbocycles. The Labute approximate surface area is 90.3 Å². The Morgan fingerprint density at radius 1 is 1.33 bits per heavy atom. The van der Waals surface area contributed by atoms with E-state index in [1.807, 2.05) is 0 Å². The number of halogens is 4. The number of benzene rings is 1. The molecule has 0 aliphatic rings. The third-order valence-corrected chi connectivity index (χ3v) is 2.16. The van der Waals surface area contributed by atoms with Crippen LogP contribution in [0, 0.1) is 0 Å². The zero-order valence-electron chi connectivity index (χ0n) is 7.68. The van der Waals surface area contributed by atoms with Crippen LogP contribution >= 0.6 is 11.6 Å². The summed E-state index contributed by atoms with van der Waals surface area (Å²) in [6.07, 6.45) is -3.45. The average molecular weight is 236 g/mol. The van der Waals surface area contributed by atoms with Gasteiger partial charge in [0.15, 0.2) is 0 Å². The van der Waals surface area contributed by atoms with Gasteiger partial charge in [-0.3, -0.25) is 0 Å². The summed E-state index contributed by atoms with van der Waals surface area (Å²) >= 11 is 5.72. The first-order chi connectivity index (χ1) is 6.95. The third kappa shape index (κ3) is 3.25. The van der Waals surface area contributed by atoms with Crippen molar-refractivity contribution < 1.29 is 13.2 Å². The molecule has 0 fully saturated rings. The van der Waals surface area contributed by atoms with E-state index < -0.39 is 18.3 Å². The van der Waals surface area contributed by atoms with E-state index >= 15 is 0 Å². The highest BCUT2D eigenvalue weighted by molar-refractivity contribution is 6.32. The van der Waals surface area contributed by atoms with Gasteiger partial charge in [0.1, 0.15) is 0 Å². The first kappa shape index (κ1) is 12.1. The maximum atomic E-state index is 12.3. The zero-order chi connectivity index (χ0) is 11.5. The van der Waals surface area contributed by atoms with Crippen molar-refractivity contribution in [1.29, 1.82) is 0 Å². The molecule has 0 atom stereocenters. The van der Waals surface area contributed by atoms with Crippen molar-refractivity contribution in [3.8, 4) is 0 Å². The van der Waals surface area contributed by atoms with Crippen molar-refractivity contribution in [3.05, 3.63) is 40.4 Å². The molecule has 0 unspecified atom stereocenters. The zero-order valence-corrected chi connectivity index (χ0v) is 8.44. The van der Waals surface area contributed by atoms with Gasteiger partial charge in [0.25, 0.3) is 0 Å². The van der Waals surface area contributed by atoms with Gasteiger partial charge in [-0.05, 0) is 17.7 Å². The molecule has 82 valence electrons. The van der Waals surface area contributed by atoms with E-state index in [2.05, 4.69) is 0 Å². The van der Waals surface area contributed by atoms with Gasteiger partial charge in [0, 0.05) is 17.1 Å². The minimum Gasteiger partial charge on any atom is -0.326 e. The minimum atomic E-state index is -4.41. The van der Waals surface area contributed by atoms with Crippen LogP contribution in [-0.2, 0) is 0 Å². The lowest BCUT2D eigenvalue weighted by molar-refractivity contribution is -0.0912. The predicted molar refractivity (Wildman–Crippen MR) is 54.5 cm³/mol. The summed E-state index contributed by atoms with van der Waals surface area (Å²) in [5.41, 5.74) is 4.55. The second-order valence-electron chi connectivity index (χ2n) is 2.89. The first-order valence-corrected chi connectivity index (χ1v) is 4.55. The molecule has 0 radical (unpaired) electrons. The molecule has 0 spiro atoms. The molecule has 1 rings (SSSR count). The van der Waals surface area contributed by atoms with Gasteiger partial charge in [-0.1, -0.05) is 29.8 Å². The summed E-state index contributed by atoms with van der Waals surface area (Å²) in [7, 11) is 0. The van der Waals surface area contributed by atoms with Gasteiger partial charge in [-0.2, -0.15) is 13.2 Å². The third-order valence-electron chi connectivity index (χ3n) is 1.82. The lowest BCUT2D eigenvalue weighted by atomic mass is 10.1. The average Bonchev–Trinajstić information content (AvgIpc) is 2.14. The van der Waals surface area contributed by atoms with Gasteiger partial charge in [-0.25, -0.2) is 0 Å². The summed E-state index contributed by atoms with van der Waals surface area (Å²) < 4.78 is 37.0. The Balaban J connectivity index is 3.10. The normalized spacial score (nSPS) is 13.0. The van der Waals surface area contributed by atoms with Gasteiger partial charge >= 0.3 is 6.18 Å². The van der Waals surface area contributed by atoms with Crippen LogP contribution in [0.5, 0.6) is 0 Å². The number of hydrogen-bond acceptors (Lipinski definition) is 1. The fourth-order valence-corrected chi connectivity index (χ4v) is 1.23. The van der Waals surface area contributed by atoms with E-state index in [0.717, 1.165) is 6.08 Å². The van der Waals surface area contributed by atoms with E-state index in [-0.39, 0.29) is 5.02 Å². The number of hydrogen-bond donors (Lipinski definition) is 1. The van der Waals surface area contributed by atoms with Crippen LogP contribution in [0.15, 0.2) is 29.8 Å². The van der Waals surface area contributed by atoms with Crippen LogP contribution in [0.1, 0.15) is 5.56 Å². The molecule has 0 aromatic heterocycles. The highest BCUT2D eigenvalue weighted by Crippen LogP contribution is 2.28. The van der Waals surface area contributed by atoms with Crippen LogP contribution in [0.2, 0.25) is 5.02 Å². The molecule has 0 aliphatic heterocycles. The second kappa shape index (κ2) is 4.68. The Kier molecular flexibility index (Phi) is 3.77. The van der Waals surface area contributed by atoms with E-state index in [4.69, 9.17) is 17.3 Å². The van der Waals surface area contributed by atoms with Crippen molar-refractivity contribution in [2.24, 2.45) is 5.73 Å². The first-order valence-electron chi connectivity index (χ1n) is 4.17. The molecule has 5 heteroatoms. The van der Waals surface area contributed by atoms with Crippen molar-refractivity contribution >= 4 is 17.7 Å². The Morgan fingerprint density at radius 2 is 1.93 bits per heavy atom. The van der Waals surface area contributed by atoms with Crippen molar-refractivity contribution in [2.75, 3.05) is 6.54 Å². The molecule has 1 aromatic rings. The van der Waals surface area contributed by atoms with Gasteiger partial charge < -0.3 is 5.73 Å². The van der Waals surface area contributed by atoms with Crippen LogP contribution in [0.3, 0.4) is 0 Å². The lowest BCUT2D eigenvalue weighted by Crippen LogP contribution is -2.19. The molecule has 0 saturated carbocycles. The second-order valence-corrected chi connectivity index (χ2v) is 3.30. The SMILES string of the molecule is NC/C(=C\c1ccccc1Cl)C(F)(F)F. The topological polar surface area (TPSA) is 26.0 Å². The summed E-state index contributed by atoms with van der Waals surface area (Å²) in [6, 6.07) is 6.29. The molecule has 0 heterocycles. The Morgan fingerprint density at radius 3 is 2.40 bits per heavy atom. The molecular weight excluding hydrogens is 227 g/mol. The number of nitrogens with two attached hydrogens (primary N) is 1. The van der Waals surface area contributed by atoms with E-state index in [0.29, 0.717) is 5.56 Å². The van der Waals surface area contributed by atoms with E-state index in [1.165, 1.54) is 12.1 Å². The quantitative estimate of drug-likeness (QED) is 0.837. The summed E-state index contributed by atoms with van der Waals surface area (Å²) in [4.78, 5) is 0. The molecule has 15 heavy (non-hydrogen) atoms. The molecule has 0 saturated heterocycles. The molecule has 1 nitrogen and oxygen atoms in total. The molecule has 0 aliphatic carbocycles. The van der Waals surface area contributed by atoms with E-state index in [9.17, 15) is 13.2 Å². The minimum absolute atomic E-state index is 0.271. The van der Waals surface area contributed by atoms with Crippen molar-refractivity contribution in [1.82, 2.24) is 0 Å². The maximum absolute atomic E-state index is 12.3. The number of alkyl halides is 3. The molecule has 2 N–H and O–H groups in total. The molecule has 0 bridgehead atoms. The fraction of sp³-hybridized carbons (Fsp3) is 0.200. The Bertz CT molecular complexity index is 371. The highest BCUT2D eigenvalue weighted by atomic mass is 35.5. The Hall–Kier alpha value is -1.00. The van der Waals surface area contributed by atoms with Gasteiger partial charge in [0.05, 0.1) is 0 Å². The van der Waals surface area contributed by atoms with E-state index in [1.54, 1.807) is 12.1 Å². The smallest absolute Gasteiger partial charge is 0.326 e. The molecular formula is C10H9ClF3N. The largest absolute Gasteiger partial charge is 0.413 e. The fourth-order valence-electron chi connectivity index (χ4n) is 1.04. The van der Waals surface area contributed by atoms with Crippen LogP contribution in [-0.4, -0.2) is 12.7 Å². The number of rotatable bonds is 2. The predicted octanol–water partition coefficient (Wildman–Crippen LogP) is 3.24. The summed E-state index contributed by atoms with van der Waals surface area (Å²) in [6.45, 7) is -0.561. The van der Waals surface area contributed by atoms with Gasteiger partial charge in [0.2, 0.25) is 0 Å². The van der Waals surface area contributed by atoms with Crippen LogP contribution in [0.4, 0.5) is 13.2 Å². The van der Waals surface area contributed by atoms with Gasteiger partial charge in [-0.15, -0.1) is 0 Å². The lowest BCUT2D eigenvalue weighted by Gasteiger charge is -2.09. The van der Waals surface area contributed by atoms with Crippen LogP contribution in [0.25, 0.3) is 6.08 Å². The standard InChI is InChI=1S/C10H9ClF3N/c11-9-4-2-1-3-7(9)5-8(6-15)10(12,13)14/h1-5H,6,15H2/b8-5+. The van der Waals surface area contributed by atoms with Crippen LogP contribution < -0.4 is 5.73 Å². The summed E-state index contributed by atoms with van der Waals surface area (Å²) in [5.74, 6) is 0. The molecule has 0 amide bonds.